The fourth-order valence-electron chi connectivity index (χ4n) is 2.73. The molecule has 2 aromatic heterocycles. The molecule has 7 heteroatoms. The number of anilines is 1. The Bertz CT molecular complexity index is 593. The van der Waals surface area contributed by atoms with Gasteiger partial charge in [0, 0.05) is 25.1 Å². The van der Waals surface area contributed by atoms with E-state index in [9.17, 15) is 5.11 Å². The largest absolute Gasteiger partial charge is 0.513 e. The van der Waals surface area contributed by atoms with E-state index in [2.05, 4.69) is 37.5 Å². The number of hydrogen-bond donors (Lipinski definition) is 3. The molecule has 0 aliphatic rings. The number of hydrogen-bond acceptors (Lipinski definition) is 6. The summed E-state index contributed by atoms with van der Waals surface area (Å²) < 4.78 is 0. The SMILES string of the molecule is C=C(O)[C@@H](C(C)C)[C@H](Cc1ccc(NC)nc1)c1nn[nH]n1. The molecule has 118 valence electrons. The molecule has 0 bridgehead atoms. The quantitative estimate of drug-likeness (QED) is 0.679. The van der Waals surface area contributed by atoms with Crippen molar-refractivity contribution in [1.29, 1.82) is 0 Å². The minimum absolute atomic E-state index is 0.113. The number of nitrogens with zero attached hydrogens (tertiary/aromatic N) is 4. The van der Waals surface area contributed by atoms with Gasteiger partial charge in [-0.25, -0.2) is 4.98 Å². The lowest BCUT2D eigenvalue weighted by atomic mass is 9.78. The summed E-state index contributed by atoms with van der Waals surface area (Å²) in [5.41, 5.74) is 1.04. The van der Waals surface area contributed by atoms with Crippen LogP contribution in [0, 0.1) is 11.8 Å². The summed E-state index contributed by atoms with van der Waals surface area (Å²) in [6, 6.07) is 3.92. The Kier molecular flexibility index (Phi) is 5.08. The maximum absolute atomic E-state index is 10.0. The lowest BCUT2D eigenvalue weighted by Gasteiger charge is -2.27. The van der Waals surface area contributed by atoms with Crippen molar-refractivity contribution in [2.45, 2.75) is 26.2 Å². The number of nitrogens with one attached hydrogen (secondary N) is 2. The zero-order valence-electron chi connectivity index (χ0n) is 13.1. The van der Waals surface area contributed by atoms with E-state index in [1.54, 1.807) is 0 Å². The average molecular weight is 302 g/mol. The summed E-state index contributed by atoms with van der Waals surface area (Å²) in [4.78, 5) is 4.32. The molecule has 2 heterocycles. The number of rotatable bonds is 7. The Morgan fingerprint density at radius 1 is 1.41 bits per heavy atom. The zero-order chi connectivity index (χ0) is 16.1. The van der Waals surface area contributed by atoms with E-state index in [4.69, 9.17) is 0 Å². The predicted octanol–water partition coefficient (Wildman–Crippen LogP) is 2.31. The molecule has 3 N–H and O–H groups in total. The van der Waals surface area contributed by atoms with Crippen molar-refractivity contribution >= 4 is 5.82 Å². The Morgan fingerprint density at radius 2 is 2.18 bits per heavy atom. The topological polar surface area (TPSA) is 99.6 Å². The van der Waals surface area contributed by atoms with Gasteiger partial charge in [-0.05, 0) is 24.0 Å². The number of tetrazole rings is 1. The molecule has 2 rings (SSSR count). The number of pyridine rings is 1. The maximum atomic E-state index is 10.0. The van der Waals surface area contributed by atoms with Gasteiger partial charge in [0.25, 0.3) is 0 Å². The van der Waals surface area contributed by atoms with E-state index < -0.39 is 0 Å². The highest BCUT2D eigenvalue weighted by Gasteiger charge is 2.31. The predicted molar refractivity (Wildman–Crippen MR) is 84.5 cm³/mol. The lowest BCUT2D eigenvalue weighted by Crippen LogP contribution is -2.23. The molecule has 0 amide bonds. The number of aromatic nitrogens is 5. The molecule has 0 fully saturated rings. The summed E-state index contributed by atoms with van der Waals surface area (Å²) >= 11 is 0. The van der Waals surface area contributed by atoms with Crippen LogP contribution in [0.4, 0.5) is 5.82 Å². The number of aliphatic hydroxyl groups is 1. The molecule has 2 aromatic rings. The molecule has 0 spiro atoms. The Hall–Kier alpha value is -2.44. The molecule has 0 saturated carbocycles. The third-order valence-electron chi connectivity index (χ3n) is 3.77. The van der Waals surface area contributed by atoms with Crippen LogP contribution in [0.25, 0.3) is 0 Å². The molecule has 0 saturated heterocycles. The Balaban J connectivity index is 2.30. The molecule has 22 heavy (non-hydrogen) atoms. The van der Waals surface area contributed by atoms with Crippen molar-refractivity contribution in [3.05, 3.63) is 42.1 Å². The minimum atomic E-state index is -0.151. The first-order chi connectivity index (χ1) is 10.5. The van der Waals surface area contributed by atoms with Gasteiger partial charge in [0.05, 0.1) is 5.76 Å². The van der Waals surface area contributed by atoms with Crippen LogP contribution in [0.15, 0.2) is 30.7 Å². The highest BCUT2D eigenvalue weighted by atomic mass is 16.3. The second-order valence-corrected chi connectivity index (χ2v) is 5.64. The standard InChI is InChI=1S/C15H22N6O/c1-9(2)14(10(3)22)12(15-18-20-21-19-15)7-11-5-6-13(16-4)17-8-11/h5-6,8-9,12,14,22H,3,7H2,1-2,4H3,(H,16,17)(H,18,19,20,21)/t12-,14+/m0/s1. The molecule has 0 aliphatic heterocycles. The first-order valence-electron chi connectivity index (χ1n) is 7.26. The van der Waals surface area contributed by atoms with Crippen LogP contribution in [0.2, 0.25) is 0 Å². The van der Waals surface area contributed by atoms with Gasteiger partial charge in [-0.3, -0.25) is 0 Å². The highest BCUT2D eigenvalue weighted by Crippen LogP contribution is 2.34. The molecule has 0 aliphatic carbocycles. The molecule has 0 unspecified atom stereocenters. The van der Waals surface area contributed by atoms with E-state index in [0.717, 1.165) is 11.4 Å². The van der Waals surface area contributed by atoms with Gasteiger partial charge in [-0.2, -0.15) is 5.21 Å². The van der Waals surface area contributed by atoms with Crippen LogP contribution in [0.1, 0.15) is 31.2 Å². The third-order valence-corrected chi connectivity index (χ3v) is 3.77. The van der Waals surface area contributed by atoms with E-state index >= 15 is 0 Å². The van der Waals surface area contributed by atoms with Crippen LogP contribution >= 0.6 is 0 Å². The van der Waals surface area contributed by atoms with Crippen molar-refractivity contribution in [3.63, 3.8) is 0 Å². The van der Waals surface area contributed by atoms with Crippen molar-refractivity contribution in [2.24, 2.45) is 11.8 Å². The molecule has 2 atom stereocenters. The van der Waals surface area contributed by atoms with Gasteiger partial charge in [-0.15, -0.1) is 10.2 Å². The molecular formula is C15H22N6O. The summed E-state index contributed by atoms with van der Waals surface area (Å²) in [5.74, 6) is 1.47. The summed E-state index contributed by atoms with van der Waals surface area (Å²) in [7, 11) is 1.83. The minimum Gasteiger partial charge on any atom is -0.513 e. The number of aromatic amines is 1. The van der Waals surface area contributed by atoms with Crippen LogP contribution in [-0.2, 0) is 6.42 Å². The Labute approximate surface area is 129 Å². The number of H-pyrrole nitrogens is 1. The monoisotopic (exact) mass is 302 g/mol. The van der Waals surface area contributed by atoms with E-state index in [1.807, 2.05) is 39.2 Å². The normalized spacial score (nSPS) is 13.8. The maximum Gasteiger partial charge on any atom is 0.178 e. The molecule has 0 radical (unpaired) electrons. The number of aliphatic hydroxyl groups excluding tert-OH is 1. The van der Waals surface area contributed by atoms with E-state index in [0.29, 0.717) is 12.2 Å². The van der Waals surface area contributed by atoms with Crippen molar-refractivity contribution in [1.82, 2.24) is 25.6 Å². The molecule has 0 aromatic carbocycles. The van der Waals surface area contributed by atoms with E-state index in [-0.39, 0.29) is 23.5 Å². The summed E-state index contributed by atoms with van der Waals surface area (Å²) in [5, 5.41) is 27.3. The fraction of sp³-hybridized carbons (Fsp3) is 0.467. The lowest BCUT2D eigenvalue weighted by molar-refractivity contribution is 0.243. The van der Waals surface area contributed by atoms with Crippen LogP contribution in [0.3, 0.4) is 0 Å². The first kappa shape index (κ1) is 15.9. The van der Waals surface area contributed by atoms with Crippen molar-refractivity contribution < 1.29 is 5.11 Å². The van der Waals surface area contributed by atoms with Crippen molar-refractivity contribution in [2.75, 3.05) is 12.4 Å². The summed E-state index contributed by atoms with van der Waals surface area (Å²) in [6.07, 6.45) is 2.47. The van der Waals surface area contributed by atoms with Crippen LogP contribution in [0.5, 0.6) is 0 Å². The van der Waals surface area contributed by atoms with Crippen LogP contribution < -0.4 is 5.32 Å². The van der Waals surface area contributed by atoms with Gasteiger partial charge in [0.2, 0.25) is 0 Å². The fourth-order valence-corrected chi connectivity index (χ4v) is 2.73. The second kappa shape index (κ2) is 7.02. The first-order valence-corrected chi connectivity index (χ1v) is 7.26. The summed E-state index contributed by atoms with van der Waals surface area (Å²) in [6.45, 7) is 7.81. The van der Waals surface area contributed by atoms with Crippen LogP contribution in [-0.4, -0.2) is 37.8 Å². The van der Waals surface area contributed by atoms with E-state index in [1.165, 1.54) is 0 Å². The van der Waals surface area contributed by atoms with Gasteiger partial charge in [0.1, 0.15) is 5.82 Å². The molecular weight excluding hydrogens is 280 g/mol. The van der Waals surface area contributed by atoms with Crippen molar-refractivity contribution in [3.8, 4) is 0 Å². The van der Waals surface area contributed by atoms with Gasteiger partial charge in [-0.1, -0.05) is 31.7 Å². The van der Waals surface area contributed by atoms with Gasteiger partial charge < -0.3 is 10.4 Å². The molecule has 7 nitrogen and oxygen atoms in total. The smallest absolute Gasteiger partial charge is 0.178 e. The van der Waals surface area contributed by atoms with Gasteiger partial charge >= 0.3 is 0 Å². The zero-order valence-corrected chi connectivity index (χ0v) is 13.1. The highest BCUT2D eigenvalue weighted by molar-refractivity contribution is 5.35. The Morgan fingerprint density at radius 3 is 2.64 bits per heavy atom. The number of allylic oxidation sites excluding steroid dienone is 1. The third kappa shape index (κ3) is 3.60. The second-order valence-electron chi connectivity index (χ2n) is 5.64. The average Bonchev–Trinajstić information content (AvgIpc) is 3.00. The van der Waals surface area contributed by atoms with Gasteiger partial charge in [0.15, 0.2) is 5.82 Å².